The molecule has 1 heterocycles. The van der Waals surface area contributed by atoms with Gasteiger partial charge in [0, 0.05) is 20.6 Å². The van der Waals surface area contributed by atoms with Crippen LogP contribution in [0.5, 0.6) is 11.5 Å². The average molecular weight is 708 g/mol. The van der Waals surface area contributed by atoms with Crippen LogP contribution in [0.4, 0.5) is 5.69 Å². The largest absolute Gasteiger partial charge is 0.493 e. The summed E-state index contributed by atoms with van der Waals surface area (Å²) in [7, 11) is 1.49. The van der Waals surface area contributed by atoms with Gasteiger partial charge < -0.3 is 9.47 Å². The molecule has 0 spiro atoms. The van der Waals surface area contributed by atoms with Crippen LogP contribution in [0.3, 0.4) is 0 Å². The third kappa shape index (κ3) is 6.16. The molecule has 4 rings (SSSR count). The third-order valence-electron chi connectivity index (χ3n) is 5.20. The summed E-state index contributed by atoms with van der Waals surface area (Å²) in [6.45, 7) is 0.179. The van der Waals surface area contributed by atoms with Crippen molar-refractivity contribution in [3.8, 4) is 11.5 Å². The van der Waals surface area contributed by atoms with Gasteiger partial charge in [-0.2, -0.15) is 0 Å². The Hall–Kier alpha value is -2.08. The molecule has 0 radical (unpaired) electrons. The molecule has 1 fully saturated rings. The molecule has 3 aromatic carbocycles. The second kappa shape index (κ2) is 11.8. The predicted octanol–water partition coefficient (Wildman–Crippen LogP) is 7.32. The van der Waals surface area contributed by atoms with Gasteiger partial charge in [0.15, 0.2) is 16.6 Å². The fraction of sp³-hybridized carbons (Fsp3) is 0.0800. The molecule has 0 unspecified atom stereocenters. The highest BCUT2D eigenvalue weighted by atomic mass is 127. The molecule has 1 aliphatic heterocycles. The van der Waals surface area contributed by atoms with Gasteiger partial charge in [0.25, 0.3) is 11.8 Å². The van der Waals surface area contributed by atoms with Gasteiger partial charge in [-0.15, -0.1) is 0 Å². The molecule has 37 heavy (non-hydrogen) atoms. The molecule has 1 saturated heterocycles. The lowest BCUT2D eigenvalue weighted by Crippen LogP contribution is -2.54. The quantitative estimate of drug-likeness (QED) is 0.126. The monoisotopic (exact) mass is 706 g/mol. The number of carbonyl (C=O) groups excluding carboxylic acids is 2. The highest BCUT2D eigenvalue weighted by Crippen LogP contribution is 2.37. The summed E-state index contributed by atoms with van der Waals surface area (Å²) in [4.78, 5) is 27.2. The van der Waals surface area contributed by atoms with E-state index in [1.807, 2.05) is 0 Å². The lowest BCUT2D eigenvalue weighted by molar-refractivity contribution is -0.122. The maximum atomic E-state index is 13.3. The lowest BCUT2D eigenvalue weighted by atomic mass is 10.1. The Balaban J connectivity index is 1.65. The summed E-state index contributed by atoms with van der Waals surface area (Å²) in [5, 5.41) is 4.05. The van der Waals surface area contributed by atoms with E-state index < -0.39 is 11.8 Å². The summed E-state index contributed by atoms with van der Waals surface area (Å²) < 4.78 is 12.2. The van der Waals surface area contributed by atoms with Crippen molar-refractivity contribution in [1.29, 1.82) is 0 Å². The number of hydrogen-bond donors (Lipinski definition) is 1. The van der Waals surface area contributed by atoms with Crippen molar-refractivity contribution in [3.63, 3.8) is 0 Å². The normalized spacial score (nSPS) is 14.7. The number of halogens is 5. The van der Waals surface area contributed by atoms with Crippen molar-refractivity contribution < 1.29 is 19.1 Å². The Morgan fingerprint density at radius 1 is 1.00 bits per heavy atom. The number of amides is 2. The highest BCUT2D eigenvalue weighted by molar-refractivity contribution is 14.1. The third-order valence-corrected chi connectivity index (χ3v) is 7.41. The first-order valence-electron chi connectivity index (χ1n) is 10.4. The number of carbonyl (C=O) groups is 2. The SMILES string of the molecule is COc1cc(/C=C2\C(=O)NC(=S)N(c3ccc(Cl)cc3Cl)C2=O)cc(I)c1OCc1ccc(Cl)cc1Cl. The number of ether oxygens (including phenoxy) is 2. The molecular formula is C25H15Cl4IN2O4S. The van der Waals surface area contributed by atoms with Gasteiger partial charge in [0.2, 0.25) is 0 Å². The minimum Gasteiger partial charge on any atom is -0.493 e. The van der Waals surface area contributed by atoms with Crippen LogP contribution in [0.25, 0.3) is 6.08 Å². The van der Waals surface area contributed by atoms with Crippen LogP contribution in [0.1, 0.15) is 11.1 Å². The number of thiocarbonyl (C=S) groups is 1. The van der Waals surface area contributed by atoms with E-state index in [9.17, 15) is 9.59 Å². The number of rotatable bonds is 6. The molecule has 3 aromatic rings. The zero-order valence-electron chi connectivity index (χ0n) is 18.8. The molecule has 190 valence electrons. The van der Waals surface area contributed by atoms with Crippen LogP contribution in [-0.4, -0.2) is 24.0 Å². The first-order chi connectivity index (χ1) is 17.6. The molecule has 0 saturated carbocycles. The van der Waals surface area contributed by atoms with E-state index in [0.29, 0.717) is 41.4 Å². The minimum atomic E-state index is -0.636. The Kier molecular flexibility index (Phi) is 8.88. The van der Waals surface area contributed by atoms with E-state index in [-0.39, 0.29) is 22.3 Å². The first-order valence-corrected chi connectivity index (χ1v) is 13.4. The predicted molar refractivity (Wildman–Crippen MR) is 159 cm³/mol. The highest BCUT2D eigenvalue weighted by Gasteiger charge is 2.35. The van der Waals surface area contributed by atoms with E-state index in [0.717, 1.165) is 10.5 Å². The topological polar surface area (TPSA) is 67.9 Å². The van der Waals surface area contributed by atoms with E-state index in [2.05, 4.69) is 27.9 Å². The number of hydrogen-bond acceptors (Lipinski definition) is 5. The molecule has 0 aromatic heterocycles. The van der Waals surface area contributed by atoms with Crippen molar-refractivity contribution in [2.24, 2.45) is 0 Å². The van der Waals surface area contributed by atoms with Crippen LogP contribution in [-0.2, 0) is 16.2 Å². The van der Waals surface area contributed by atoms with E-state index >= 15 is 0 Å². The van der Waals surface area contributed by atoms with Crippen LogP contribution in [0.15, 0.2) is 54.1 Å². The van der Waals surface area contributed by atoms with Gasteiger partial charge in [0.1, 0.15) is 12.2 Å². The standard InChI is InChI=1S/C25H15Cl4IN2O4S/c1-35-21-8-12(7-19(30)22(21)36-11-13-2-3-14(26)9-17(13)28)6-16-23(33)31-25(37)32(24(16)34)20-5-4-15(27)10-18(20)29/h2-10H,11H2,1H3,(H,31,33,37)/b16-6+. The van der Waals surface area contributed by atoms with Gasteiger partial charge in [-0.05, 0) is 88.9 Å². The molecule has 0 bridgehead atoms. The molecule has 0 atom stereocenters. The summed E-state index contributed by atoms with van der Waals surface area (Å²) in [6, 6.07) is 13.1. The second-order valence-corrected chi connectivity index (χ2v) is 10.8. The van der Waals surface area contributed by atoms with E-state index in [1.165, 1.54) is 19.3 Å². The van der Waals surface area contributed by atoms with Gasteiger partial charge in [0.05, 0.1) is 21.4 Å². The summed E-state index contributed by atoms with van der Waals surface area (Å²) >= 11 is 31.8. The van der Waals surface area contributed by atoms with Crippen LogP contribution < -0.4 is 19.7 Å². The Morgan fingerprint density at radius 3 is 2.32 bits per heavy atom. The van der Waals surface area contributed by atoms with Crippen molar-refractivity contribution in [3.05, 3.63) is 88.9 Å². The summed E-state index contributed by atoms with van der Waals surface area (Å²) in [5.41, 5.74) is 1.44. The molecule has 2 amide bonds. The van der Waals surface area contributed by atoms with Crippen LogP contribution in [0, 0.1) is 3.57 Å². The second-order valence-electron chi connectivity index (χ2n) is 7.61. The number of benzene rings is 3. The maximum absolute atomic E-state index is 13.3. The zero-order chi connectivity index (χ0) is 26.9. The Morgan fingerprint density at radius 2 is 1.68 bits per heavy atom. The lowest BCUT2D eigenvalue weighted by Gasteiger charge is -2.29. The number of nitrogens with zero attached hydrogens (tertiary/aromatic N) is 1. The van der Waals surface area contributed by atoms with Crippen LogP contribution in [0.2, 0.25) is 20.1 Å². The Labute approximate surface area is 251 Å². The van der Waals surface area contributed by atoms with Gasteiger partial charge in [-0.3, -0.25) is 19.8 Å². The van der Waals surface area contributed by atoms with Crippen molar-refractivity contribution in [2.75, 3.05) is 12.0 Å². The zero-order valence-corrected chi connectivity index (χ0v) is 24.8. The number of anilines is 1. The number of methoxy groups -OCH3 is 1. The minimum absolute atomic E-state index is 0.0897. The van der Waals surface area contributed by atoms with Crippen molar-refractivity contribution in [2.45, 2.75) is 6.61 Å². The molecule has 12 heteroatoms. The van der Waals surface area contributed by atoms with Crippen molar-refractivity contribution in [1.82, 2.24) is 5.32 Å². The molecule has 6 nitrogen and oxygen atoms in total. The molecule has 1 aliphatic rings. The first kappa shape index (κ1) is 27.9. The van der Waals surface area contributed by atoms with Crippen molar-refractivity contribution >= 4 is 110 Å². The average Bonchev–Trinajstić information content (AvgIpc) is 2.83. The number of nitrogens with one attached hydrogen (secondary N) is 1. The van der Waals surface area contributed by atoms with Crippen LogP contribution >= 0.6 is 81.2 Å². The van der Waals surface area contributed by atoms with Gasteiger partial charge in [-0.1, -0.05) is 52.5 Å². The fourth-order valence-corrected chi connectivity index (χ4v) is 5.47. The molecular weight excluding hydrogens is 693 g/mol. The smallest absolute Gasteiger partial charge is 0.270 e. The van der Waals surface area contributed by atoms with E-state index in [4.69, 9.17) is 68.1 Å². The Bertz CT molecular complexity index is 1480. The fourth-order valence-electron chi connectivity index (χ4n) is 3.46. The summed E-state index contributed by atoms with van der Waals surface area (Å²) in [6.07, 6.45) is 1.45. The molecule has 1 N–H and O–H groups in total. The van der Waals surface area contributed by atoms with E-state index in [1.54, 1.807) is 42.5 Å². The van der Waals surface area contributed by atoms with Gasteiger partial charge >= 0.3 is 0 Å². The molecule has 0 aliphatic carbocycles. The maximum Gasteiger partial charge on any atom is 0.270 e. The van der Waals surface area contributed by atoms with Gasteiger partial charge in [-0.25, -0.2) is 0 Å². The summed E-state index contributed by atoms with van der Waals surface area (Å²) in [5.74, 6) is -0.389.